The molecule has 0 aliphatic heterocycles. The maximum Gasteiger partial charge on any atom is 0.223 e. The predicted molar refractivity (Wildman–Crippen MR) is 83.0 cm³/mol. The maximum absolute atomic E-state index is 12.5. The van der Waals surface area contributed by atoms with Crippen LogP contribution >= 0.6 is 0 Å². The molecule has 3 fully saturated rings. The lowest BCUT2D eigenvalue weighted by atomic mass is 9.86. The van der Waals surface area contributed by atoms with Crippen molar-refractivity contribution in [2.75, 3.05) is 7.05 Å². The SMILES string of the molecule is CN(Cc1nnc(C2CC2)n1C)C(=O)CC1CC2CCC1C2. The van der Waals surface area contributed by atoms with E-state index in [1.165, 1.54) is 38.5 Å². The minimum absolute atomic E-state index is 0.272. The zero-order chi connectivity index (χ0) is 15.3. The maximum atomic E-state index is 12.5. The minimum Gasteiger partial charge on any atom is -0.338 e. The summed E-state index contributed by atoms with van der Waals surface area (Å²) in [4.78, 5) is 14.4. The van der Waals surface area contributed by atoms with Gasteiger partial charge in [0.15, 0.2) is 5.82 Å². The van der Waals surface area contributed by atoms with E-state index in [0.29, 0.717) is 18.4 Å². The van der Waals surface area contributed by atoms with Crippen LogP contribution in [0.3, 0.4) is 0 Å². The van der Waals surface area contributed by atoms with E-state index in [-0.39, 0.29) is 5.91 Å². The van der Waals surface area contributed by atoms with Crippen LogP contribution in [0.2, 0.25) is 0 Å². The molecule has 4 rings (SSSR count). The second-order valence-electron chi connectivity index (χ2n) is 7.70. The van der Waals surface area contributed by atoms with Crippen LogP contribution < -0.4 is 0 Å². The molecule has 3 saturated carbocycles. The van der Waals surface area contributed by atoms with Crippen molar-refractivity contribution >= 4 is 5.91 Å². The zero-order valence-electron chi connectivity index (χ0n) is 13.7. The molecule has 0 radical (unpaired) electrons. The zero-order valence-corrected chi connectivity index (χ0v) is 13.7. The summed E-state index contributed by atoms with van der Waals surface area (Å²) in [5, 5.41) is 8.59. The Labute approximate surface area is 132 Å². The fraction of sp³-hybridized carbons (Fsp3) is 0.824. The fourth-order valence-corrected chi connectivity index (χ4v) is 4.52. The molecule has 120 valence electrons. The summed E-state index contributed by atoms with van der Waals surface area (Å²) in [6.45, 7) is 0.579. The van der Waals surface area contributed by atoms with E-state index in [1.807, 2.05) is 19.0 Å². The van der Waals surface area contributed by atoms with E-state index in [4.69, 9.17) is 0 Å². The third-order valence-corrected chi connectivity index (χ3v) is 6.07. The number of rotatable bonds is 5. The lowest BCUT2D eigenvalue weighted by Crippen LogP contribution is -2.30. The summed E-state index contributed by atoms with van der Waals surface area (Å²) >= 11 is 0. The molecule has 3 atom stereocenters. The smallest absolute Gasteiger partial charge is 0.223 e. The number of amides is 1. The van der Waals surface area contributed by atoms with Crippen LogP contribution in [0.25, 0.3) is 0 Å². The van der Waals surface area contributed by atoms with E-state index >= 15 is 0 Å². The van der Waals surface area contributed by atoms with Crippen LogP contribution in [-0.2, 0) is 18.4 Å². The molecule has 0 saturated heterocycles. The van der Waals surface area contributed by atoms with Gasteiger partial charge in [0.1, 0.15) is 5.82 Å². The van der Waals surface area contributed by atoms with Crippen molar-refractivity contribution in [1.29, 1.82) is 0 Å². The van der Waals surface area contributed by atoms with Gasteiger partial charge in [0.2, 0.25) is 5.91 Å². The van der Waals surface area contributed by atoms with Gasteiger partial charge in [-0.1, -0.05) is 6.42 Å². The highest BCUT2D eigenvalue weighted by Gasteiger charge is 2.40. The van der Waals surface area contributed by atoms with Crippen LogP contribution in [0.5, 0.6) is 0 Å². The molecule has 1 amide bonds. The first kappa shape index (κ1) is 14.2. The Balaban J connectivity index is 1.35. The Morgan fingerprint density at radius 1 is 1.23 bits per heavy atom. The summed E-state index contributed by atoms with van der Waals surface area (Å²) in [5.74, 6) is 5.23. The Bertz CT molecular complexity index is 577. The summed E-state index contributed by atoms with van der Waals surface area (Å²) in [5.41, 5.74) is 0. The van der Waals surface area contributed by atoms with Crippen molar-refractivity contribution in [3.05, 3.63) is 11.6 Å². The average molecular weight is 302 g/mol. The van der Waals surface area contributed by atoms with E-state index < -0.39 is 0 Å². The van der Waals surface area contributed by atoms with Gasteiger partial charge in [0.25, 0.3) is 0 Å². The molecule has 1 aromatic heterocycles. The Morgan fingerprint density at radius 3 is 2.68 bits per heavy atom. The van der Waals surface area contributed by atoms with Gasteiger partial charge in [-0.25, -0.2) is 0 Å². The molecule has 3 aliphatic carbocycles. The number of fused-ring (bicyclic) bond motifs is 2. The molecular weight excluding hydrogens is 276 g/mol. The van der Waals surface area contributed by atoms with E-state index in [1.54, 1.807) is 0 Å². The summed E-state index contributed by atoms with van der Waals surface area (Å²) < 4.78 is 2.08. The van der Waals surface area contributed by atoms with Gasteiger partial charge in [-0.2, -0.15) is 0 Å². The highest BCUT2D eigenvalue weighted by molar-refractivity contribution is 5.76. The van der Waals surface area contributed by atoms with Crippen LogP contribution in [-0.4, -0.2) is 32.6 Å². The van der Waals surface area contributed by atoms with E-state index in [0.717, 1.165) is 29.9 Å². The lowest BCUT2D eigenvalue weighted by Gasteiger charge is -2.24. The van der Waals surface area contributed by atoms with Gasteiger partial charge >= 0.3 is 0 Å². The van der Waals surface area contributed by atoms with Crippen molar-refractivity contribution < 1.29 is 4.79 Å². The molecule has 1 heterocycles. The predicted octanol–water partition coefficient (Wildman–Crippen LogP) is 2.48. The molecule has 2 bridgehead atoms. The molecule has 1 aromatic rings. The Hall–Kier alpha value is -1.39. The van der Waals surface area contributed by atoms with E-state index in [9.17, 15) is 4.79 Å². The number of aromatic nitrogens is 3. The minimum atomic E-state index is 0.272. The second-order valence-corrected chi connectivity index (χ2v) is 7.70. The highest BCUT2D eigenvalue weighted by atomic mass is 16.2. The van der Waals surface area contributed by atoms with Gasteiger partial charge in [0, 0.05) is 26.4 Å². The summed E-state index contributed by atoms with van der Waals surface area (Å²) in [6, 6.07) is 0. The first-order valence-electron chi connectivity index (χ1n) is 8.74. The van der Waals surface area contributed by atoms with Gasteiger partial charge < -0.3 is 9.47 Å². The first-order chi connectivity index (χ1) is 10.6. The van der Waals surface area contributed by atoms with Crippen LogP contribution in [0.15, 0.2) is 0 Å². The van der Waals surface area contributed by atoms with Crippen molar-refractivity contribution in [2.45, 2.75) is 57.4 Å². The number of carbonyl (C=O) groups is 1. The third-order valence-electron chi connectivity index (χ3n) is 6.07. The van der Waals surface area contributed by atoms with Gasteiger partial charge in [-0.15, -0.1) is 10.2 Å². The van der Waals surface area contributed by atoms with Crippen LogP contribution in [0, 0.1) is 17.8 Å². The van der Waals surface area contributed by atoms with Crippen molar-refractivity contribution in [3.8, 4) is 0 Å². The van der Waals surface area contributed by atoms with Crippen molar-refractivity contribution in [1.82, 2.24) is 19.7 Å². The molecule has 3 aliphatic rings. The number of hydrogen-bond acceptors (Lipinski definition) is 3. The monoisotopic (exact) mass is 302 g/mol. The van der Waals surface area contributed by atoms with Crippen molar-refractivity contribution in [3.63, 3.8) is 0 Å². The quantitative estimate of drug-likeness (QED) is 0.839. The van der Waals surface area contributed by atoms with Gasteiger partial charge in [-0.3, -0.25) is 4.79 Å². The van der Waals surface area contributed by atoms with E-state index in [2.05, 4.69) is 14.8 Å². The molecule has 0 N–H and O–H groups in total. The van der Waals surface area contributed by atoms with Crippen LogP contribution in [0.4, 0.5) is 0 Å². The number of carbonyl (C=O) groups excluding carboxylic acids is 1. The normalized spacial score (nSPS) is 30.0. The largest absolute Gasteiger partial charge is 0.338 e. The van der Waals surface area contributed by atoms with Gasteiger partial charge in [-0.05, 0) is 49.9 Å². The molecule has 5 nitrogen and oxygen atoms in total. The number of nitrogens with zero attached hydrogens (tertiary/aromatic N) is 4. The molecule has 3 unspecified atom stereocenters. The number of hydrogen-bond donors (Lipinski definition) is 0. The topological polar surface area (TPSA) is 51.0 Å². The second kappa shape index (κ2) is 5.36. The highest BCUT2D eigenvalue weighted by Crippen LogP contribution is 2.49. The average Bonchev–Trinajstić information content (AvgIpc) is 2.96. The molecular formula is C17H26N4O. The summed E-state index contributed by atoms with van der Waals surface area (Å²) in [7, 11) is 3.93. The molecule has 5 heteroatoms. The first-order valence-corrected chi connectivity index (χ1v) is 8.74. The molecule has 22 heavy (non-hydrogen) atoms. The van der Waals surface area contributed by atoms with Crippen molar-refractivity contribution in [2.24, 2.45) is 24.8 Å². The summed E-state index contributed by atoms with van der Waals surface area (Å²) in [6.07, 6.45) is 8.57. The molecule has 0 aromatic carbocycles. The standard InChI is InChI=1S/C17H26N4O/c1-20(10-15-18-19-17(21(15)2)12-5-6-12)16(22)9-14-8-11-3-4-13(14)7-11/h11-14H,3-10H2,1-2H3. The Kier molecular flexibility index (Phi) is 3.46. The van der Waals surface area contributed by atoms with Gasteiger partial charge in [0.05, 0.1) is 6.54 Å². The van der Waals surface area contributed by atoms with Crippen LogP contribution in [0.1, 0.15) is 62.5 Å². The Morgan fingerprint density at radius 2 is 2.05 bits per heavy atom. The fourth-order valence-electron chi connectivity index (χ4n) is 4.52. The lowest BCUT2D eigenvalue weighted by molar-refractivity contribution is -0.132. The third kappa shape index (κ3) is 2.55. The molecule has 0 spiro atoms.